The second kappa shape index (κ2) is 11.0. The minimum atomic E-state index is -0.559. The summed E-state index contributed by atoms with van der Waals surface area (Å²) in [7, 11) is 1.66. The van der Waals surface area contributed by atoms with Gasteiger partial charge in [-0.2, -0.15) is 0 Å². The third kappa shape index (κ3) is 6.62. The van der Waals surface area contributed by atoms with E-state index in [2.05, 4.69) is 21.9 Å². The summed E-state index contributed by atoms with van der Waals surface area (Å²) in [5.74, 6) is 1.40. The summed E-state index contributed by atoms with van der Waals surface area (Å²) >= 11 is 0. The van der Waals surface area contributed by atoms with Gasteiger partial charge in [0.15, 0.2) is 11.5 Å². The van der Waals surface area contributed by atoms with Crippen LogP contribution in [0.2, 0.25) is 0 Å². The molecule has 1 aromatic carbocycles. The summed E-state index contributed by atoms with van der Waals surface area (Å²) in [6, 6.07) is 6.11. The van der Waals surface area contributed by atoms with E-state index in [0.717, 1.165) is 38.2 Å². The molecule has 28 heavy (non-hydrogen) atoms. The topological polar surface area (TPSA) is 65.4 Å². The van der Waals surface area contributed by atoms with E-state index in [9.17, 15) is 10.2 Å². The quantitative estimate of drug-likeness (QED) is 0.708. The van der Waals surface area contributed by atoms with Crippen molar-refractivity contribution >= 4 is 0 Å². The Balaban J connectivity index is 1.49. The smallest absolute Gasteiger partial charge is 0.161 e. The Labute approximate surface area is 169 Å². The standard InChI is InChI=1S/C22H36N2O4/c1-27-22-14-18(15-23-10-4-2-3-5-11-23)6-7-21(22)28-17-20(26)16-24-12-8-19(25)9-13-24/h6-7,14,19-20,25-26H,2-5,8-13,15-17H2,1H3/t20-/m1/s1. The summed E-state index contributed by atoms with van der Waals surface area (Å²) in [6.45, 7) is 5.74. The highest BCUT2D eigenvalue weighted by Gasteiger charge is 2.20. The van der Waals surface area contributed by atoms with Gasteiger partial charge >= 0.3 is 0 Å². The fraction of sp³-hybridized carbons (Fsp3) is 0.727. The van der Waals surface area contributed by atoms with Crippen molar-refractivity contribution in [2.75, 3.05) is 46.4 Å². The predicted molar refractivity (Wildman–Crippen MR) is 110 cm³/mol. The first-order valence-corrected chi connectivity index (χ1v) is 10.7. The van der Waals surface area contributed by atoms with E-state index >= 15 is 0 Å². The van der Waals surface area contributed by atoms with Crippen LogP contribution in [0.5, 0.6) is 11.5 Å². The van der Waals surface area contributed by atoms with Crippen LogP contribution in [0.3, 0.4) is 0 Å². The number of piperidine rings is 1. The Bertz CT molecular complexity index is 582. The molecule has 2 heterocycles. The highest BCUT2D eigenvalue weighted by Crippen LogP contribution is 2.29. The average Bonchev–Trinajstić information content (AvgIpc) is 2.97. The van der Waals surface area contributed by atoms with Gasteiger partial charge in [-0.1, -0.05) is 18.9 Å². The maximum Gasteiger partial charge on any atom is 0.161 e. The van der Waals surface area contributed by atoms with E-state index in [-0.39, 0.29) is 12.7 Å². The Kier molecular flexibility index (Phi) is 8.40. The van der Waals surface area contributed by atoms with Crippen molar-refractivity contribution in [2.45, 2.75) is 57.3 Å². The molecule has 6 nitrogen and oxygen atoms in total. The second-order valence-corrected chi connectivity index (χ2v) is 8.17. The first-order chi connectivity index (χ1) is 13.6. The van der Waals surface area contributed by atoms with Crippen molar-refractivity contribution in [3.8, 4) is 11.5 Å². The summed E-state index contributed by atoms with van der Waals surface area (Å²) in [5.41, 5.74) is 1.23. The summed E-state index contributed by atoms with van der Waals surface area (Å²) in [4.78, 5) is 4.70. The van der Waals surface area contributed by atoms with E-state index in [0.29, 0.717) is 12.3 Å². The van der Waals surface area contributed by atoms with Crippen LogP contribution in [0.1, 0.15) is 44.1 Å². The van der Waals surface area contributed by atoms with Gasteiger partial charge in [0.05, 0.1) is 13.2 Å². The van der Waals surface area contributed by atoms with Crippen LogP contribution in [-0.4, -0.2) is 78.7 Å². The molecule has 0 unspecified atom stereocenters. The highest BCUT2D eigenvalue weighted by atomic mass is 16.5. The molecule has 2 fully saturated rings. The number of likely N-dealkylation sites (tertiary alicyclic amines) is 2. The molecule has 2 aliphatic rings. The van der Waals surface area contributed by atoms with Crippen molar-refractivity contribution in [3.05, 3.63) is 23.8 Å². The van der Waals surface area contributed by atoms with Gasteiger partial charge in [-0.15, -0.1) is 0 Å². The van der Waals surface area contributed by atoms with E-state index in [4.69, 9.17) is 9.47 Å². The largest absolute Gasteiger partial charge is 0.493 e. The van der Waals surface area contributed by atoms with E-state index in [1.54, 1.807) is 7.11 Å². The number of aliphatic hydroxyl groups excluding tert-OH is 2. The molecule has 158 valence electrons. The molecule has 1 aromatic rings. The van der Waals surface area contributed by atoms with Crippen LogP contribution < -0.4 is 9.47 Å². The number of benzene rings is 1. The van der Waals surface area contributed by atoms with Gasteiger partial charge in [0, 0.05) is 26.2 Å². The number of aliphatic hydroxyl groups is 2. The number of ether oxygens (including phenoxy) is 2. The van der Waals surface area contributed by atoms with Crippen molar-refractivity contribution in [2.24, 2.45) is 0 Å². The first-order valence-electron chi connectivity index (χ1n) is 10.7. The zero-order chi connectivity index (χ0) is 19.8. The third-order valence-electron chi connectivity index (χ3n) is 5.79. The lowest BCUT2D eigenvalue weighted by Gasteiger charge is -2.30. The van der Waals surface area contributed by atoms with Crippen LogP contribution in [0, 0.1) is 0 Å². The lowest BCUT2D eigenvalue weighted by molar-refractivity contribution is 0.0333. The Hall–Kier alpha value is -1.34. The molecule has 3 rings (SSSR count). The zero-order valence-corrected chi connectivity index (χ0v) is 17.2. The molecule has 0 aliphatic carbocycles. The number of methoxy groups -OCH3 is 1. The molecule has 2 saturated heterocycles. The minimum absolute atomic E-state index is 0.193. The second-order valence-electron chi connectivity index (χ2n) is 8.17. The van der Waals surface area contributed by atoms with Crippen LogP contribution in [0.15, 0.2) is 18.2 Å². The van der Waals surface area contributed by atoms with Crippen molar-refractivity contribution in [3.63, 3.8) is 0 Å². The summed E-state index contributed by atoms with van der Waals surface area (Å²) in [6.07, 6.45) is 6.05. The molecule has 0 radical (unpaired) electrons. The van der Waals surface area contributed by atoms with Crippen LogP contribution in [0.4, 0.5) is 0 Å². The minimum Gasteiger partial charge on any atom is -0.493 e. The Morgan fingerprint density at radius 3 is 2.39 bits per heavy atom. The first kappa shape index (κ1) is 21.4. The number of nitrogens with zero attached hydrogens (tertiary/aromatic N) is 2. The monoisotopic (exact) mass is 392 g/mol. The van der Waals surface area contributed by atoms with Crippen molar-refractivity contribution < 1.29 is 19.7 Å². The van der Waals surface area contributed by atoms with Crippen LogP contribution >= 0.6 is 0 Å². The van der Waals surface area contributed by atoms with Crippen molar-refractivity contribution in [1.29, 1.82) is 0 Å². The molecule has 2 aliphatic heterocycles. The molecule has 2 N–H and O–H groups in total. The fourth-order valence-corrected chi connectivity index (χ4v) is 4.12. The third-order valence-corrected chi connectivity index (χ3v) is 5.79. The number of hydrogen-bond acceptors (Lipinski definition) is 6. The SMILES string of the molecule is COc1cc(CN2CCCCCC2)ccc1OC[C@H](O)CN1CCC(O)CC1. The summed E-state index contributed by atoms with van der Waals surface area (Å²) in [5, 5.41) is 19.9. The molecule has 0 saturated carbocycles. The van der Waals surface area contributed by atoms with Gasteiger partial charge in [-0.05, 0) is 56.5 Å². The van der Waals surface area contributed by atoms with Crippen LogP contribution in [0.25, 0.3) is 0 Å². The van der Waals surface area contributed by atoms with Gasteiger partial charge in [-0.3, -0.25) is 4.90 Å². The van der Waals surface area contributed by atoms with Gasteiger partial charge in [0.1, 0.15) is 12.7 Å². The van der Waals surface area contributed by atoms with Gasteiger partial charge in [0.25, 0.3) is 0 Å². The Morgan fingerprint density at radius 2 is 1.71 bits per heavy atom. The molecule has 0 amide bonds. The van der Waals surface area contributed by atoms with Crippen LogP contribution in [-0.2, 0) is 6.54 Å². The fourth-order valence-electron chi connectivity index (χ4n) is 4.12. The lowest BCUT2D eigenvalue weighted by atomic mass is 10.1. The normalized spacial score (nSPS) is 21.2. The van der Waals surface area contributed by atoms with E-state index in [1.165, 1.54) is 44.3 Å². The Morgan fingerprint density at radius 1 is 1.00 bits per heavy atom. The number of rotatable bonds is 8. The van der Waals surface area contributed by atoms with E-state index < -0.39 is 6.10 Å². The maximum atomic E-state index is 10.3. The van der Waals surface area contributed by atoms with Gasteiger partial charge in [0.2, 0.25) is 0 Å². The lowest BCUT2D eigenvalue weighted by Crippen LogP contribution is -2.41. The van der Waals surface area contributed by atoms with Gasteiger partial charge < -0.3 is 24.6 Å². The summed E-state index contributed by atoms with van der Waals surface area (Å²) < 4.78 is 11.4. The maximum absolute atomic E-state index is 10.3. The molecule has 6 heteroatoms. The number of hydrogen-bond donors (Lipinski definition) is 2. The molecule has 0 bridgehead atoms. The molecule has 1 atom stereocenters. The highest BCUT2D eigenvalue weighted by molar-refractivity contribution is 5.43. The van der Waals surface area contributed by atoms with E-state index in [1.807, 2.05) is 6.07 Å². The molecular formula is C22H36N2O4. The van der Waals surface area contributed by atoms with Gasteiger partial charge in [-0.25, -0.2) is 0 Å². The molecular weight excluding hydrogens is 356 g/mol. The van der Waals surface area contributed by atoms with Crippen molar-refractivity contribution in [1.82, 2.24) is 9.80 Å². The zero-order valence-electron chi connectivity index (χ0n) is 17.2. The molecule has 0 aromatic heterocycles. The molecule has 0 spiro atoms. The predicted octanol–water partition coefficient (Wildman–Crippen LogP) is 2.27. The number of β-amino-alcohol motifs (C(OH)–C–C–N with tert-alkyl or cyclic N) is 1. The average molecular weight is 393 g/mol.